The number of Topliss-reactive ketones (excluding diaryl/α,β-unsaturated/α-hetero) is 1. The monoisotopic (exact) mass is 387 g/mol. The van der Waals surface area contributed by atoms with Gasteiger partial charge in [0.05, 0.1) is 0 Å². The molecule has 2 nitrogen and oxygen atoms in total. The lowest BCUT2D eigenvalue weighted by molar-refractivity contribution is 0.101. The second-order valence-corrected chi connectivity index (χ2v) is 7.35. The van der Waals surface area contributed by atoms with Crippen LogP contribution in [0.4, 0.5) is 0 Å². The fraction of sp³-hybridized carbons (Fsp3) is 0.296. The number of rotatable bonds is 7. The maximum atomic E-state index is 11.8. The zero-order valence-electron chi connectivity index (χ0n) is 18.1. The molecule has 3 aromatic rings. The summed E-state index contributed by atoms with van der Waals surface area (Å²) in [5, 5.41) is 3.40. The molecule has 0 bridgehead atoms. The third-order valence-electron chi connectivity index (χ3n) is 5.39. The lowest BCUT2D eigenvalue weighted by atomic mass is 9.87. The van der Waals surface area contributed by atoms with Crippen LogP contribution < -0.4 is 5.32 Å². The molecule has 0 aliphatic rings. The molecule has 0 aliphatic carbocycles. The molecule has 0 saturated carbocycles. The molecule has 0 radical (unpaired) electrons. The Hall–Kier alpha value is -2.71. The summed E-state index contributed by atoms with van der Waals surface area (Å²) in [5.74, 6) is 0.518. The van der Waals surface area contributed by atoms with Crippen LogP contribution >= 0.6 is 0 Å². The van der Waals surface area contributed by atoms with E-state index >= 15 is 0 Å². The van der Waals surface area contributed by atoms with E-state index in [0.717, 1.165) is 24.0 Å². The van der Waals surface area contributed by atoms with Crippen molar-refractivity contribution in [3.63, 3.8) is 0 Å². The molecule has 0 amide bonds. The third kappa shape index (κ3) is 6.99. The standard InChI is InChI=1S/C19H23NO.C8H10/c1-14(16-9-5-4-6-10-16)19(20-3)13-17-11-7-8-12-18(17)15(2)21;1-2-8-6-4-3-5-7-8/h4-12,14,19-20H,13H2,1-3H3;3-7H,2H2,1H3/t14-,19-;/m1./s1. The molecule has 152 valence electrons. The second kappa shape index (κ2) is 12.0. The Morgan fingerprint density at radius 2 is 1.41 bits per heavy atom. The number of ketones is 1. The minimum absolute atomic E-state index is 0.132. The van der Waals surface area contributed by atoms with Crippen molar-refractivity contribution in [2.75, 3.05) is 7.05 Å². The molecule has 2 heteroatoms. The minimum Gasteiger partial charge on any atom is -0.316 e. The molecule has 0 spiro atoms. The number of hydrogen-bond acceptors (Lipinski definition) is 2. The van der Waals surface area contributed by atoms with Crippen LogP contribution in [-0.4, -0.2) is 18.9 Å². The van der Waals surface area contributed by atoms with Crippen molar-refractivity contribution in [2.45, 2.75) is 45.6 Å². The van der Waals surface area contributed by atoms with Crippen molar-refractivity contribution in [3.05, 3.63) is 107 Å². The average Bonchev–Trinajstić information content (AvgIpc) is 2.78. The Kier molecular flexibility index (Phi) is 9.33. The number of carbonyl (C=O) groups excluding carboxylic acids is 1. The van der Waals surface area contributed by atoms with Crippen LogP contribution in [-0.2, 0) is 12.8 Å². The van der Waals surface area contributed by atoms with Gasteiger partial charge in [-0.2, -0.15) is 0 Å². The van der Waals surface area contributed by atoms with Gasteiger partial charge in [0.25, 0.3) is 0 Å². The van der Waals surface area contributed by atoms with E-state index in [9.17, 15) is 4.79 Å². The molecule has 2 atom stereocenters. The van der Waals surface area contributed by atoms with Crippen molar-refractivity contribution in [2.24, 2.45) is 0 Å². The molecule has 0 fully saturated rings. The highest BCUT2D eigenvalue weighted by Gasteiger charge is 2.19. The highest BCUT2D eigenvalue weighted by molar-refractivity contribution is 5.95. The van der Waals surface area contributed by atoms with Gasteiger partial charge in [0, 0.05) is 11.6 Å². The van der Waals surface area contributed by atoms with Crippen LogP contribution in [0.5, 0.6) is 0 Å². The van der Waals surface area contributed by atoms with E-state index in [1.165, 1.54) is 11.1 Å². The molecule has 0 saturated heterocycles. The largest absolute Gasteiger partial charge is 0.316 e. The molecule has 0 aliphatic heterocycles. The van der Waals surface area contributed by atoms with Crippen molar-refractivity contribution in [3.8, 4) is 0 Å². The van der Waals surface area contributed by atoms with Crippen LogP contribution in [0.3, 0.4) is 0 Å². The number of carbonyl (C=O) groups is 1. The smallest absolute Gasteiger partial charge is 0.160 e. The third-order valence-corrected chi connectivity index (χ3v) is 5.39. The summed E-state index contributed by atoms with van der Waals surface area (Å²) in [4.78, 5) is 11.8. The molecule has 3 rings (SSSR count). The van der Waals surface area contributed by atoms with E-state index in [2.05, 4.69) is 73.8 Å². The molecule has 1 N–H and O–H groups in total. The summed E-state index contributed by atoms with van der Waals surface area (Å²) >= 11 is 0. The van der Waals surface area contributed by atoms with Crippen LogP contribution in [0.1, 0.15) is 53.7 Å². The van der Waals surface area contributed by atoms with Crippen LogP contribution in [0, 0.1) is 0 Å². The van der Waals surface area contributed by atoms with Crippen molar-refractivity contribution in [1.82, 2.24) is 5.32 Å². The molecule has 0 unspecified atom stereocenters. The van der Waals surface area contributed by atoms with E-state index in [1.54, 1.807) is 6.92 Å². The predicted octanol–water partition coefficient (Wildman–Crippen LogP) is 6.07. The van der Waals surface area contributed by atoms with Gasteiger partial charge in [0.15, 0.2) is 5.78 Å². The van der Waals surface area contributed by atoms with Gasteiger partial charge in [0.1, 0.15) is 0 Å². The summed E-state index contributed by atoms with van der Waals surface area (Å²) in [7, 11) is 1.99. The van der Waals surface area contributed by atoms with Gasteiger partial charge in [-0.05, 0) is 49.4 Å². The lowest BCUT2D eigenvalue weighted by Crippen LogP contribution is -2.33. The summed E-state index contributed by atoms with van der Waals surface area (Å²) < 4.78 is 0. The van der Waals surface area contributed by atoms with Gasteiger partial charge in [-0.1, -0.05) is 98.8 Å². The number of likely N-dealkylation sites (N-methyl/N-ethyl adjacent to an activating group) is 1. The number of hydrogen-bond donors (Lipinski definition) is 1. The highest BCUT2D eigenvalue weighted by atomic mass is 16.1. The Morgan fingerprint density at radius 1 is 0.862 bits per heavy atom. The van der Waals surface area contributed by atoms with Gasteiger partial charge in [-0.25, -0.2) is 0 Å². The summed E-state index contributed by atoms with van der Waals surface area (Å²) in [6, 6.07) is 29.1. The van der Waals surface area contributed by atoms with E-state index < -0.39 is 0 Å². The fourth-order valence-corrected chi connectivity index (χ4v) is 3.51. The fourth-order valence-electron chi connectivity index (χ4n) is 3.51. The molecule has 0 aromatic heterocycles. The first-order chi connectivity index (χ1) is 14.1. The first-order valence-corrected chi connectivity index (χ1v) is 10.4. The van der Waals surface area contributed by atoms with Crippen LogP contribution in [0.25, 0.3) is 0 Å². The number of aryl methyl sites for hydroxylation is 1. The van der Waals surface area contributed by atoms with E-state index in [4.69, 9.17) is 0 Å². The summed E-state index contributed by atoms with van der Waals surface area (Å²) in [5.41, 5.74) is 4.68. The van der Waals surface area contributed by atoms with Crippen molar-refractivity contribution < 1.29 is 4.79 Å². The normalized spacial score (nSPS) is 12.4. The number of benzene rings is 3. The predicted molar refractivity (Wildman–Crippen MR) is 124 cm³/mol. The zero-order valence-corrected chi connectivity index (χ0v) is 18.1. The first kappa shape index (κ1) is 22.6. The number of nitrogens with one attached hydrogen (secondary N) is 1. The first-order valence-electron chi connectivity index (χ1n) is 10.4. The van der Waals surface area contributed by atoms with Gasteiger partial charge >= 0.3 is 0 Å². The average molecular weight is 388 g/mol. The Labute approximate surface area is 176 Å². The topological polar surface area (TPSA) is 29.1 Å². The van der Waals surface area contributed by atoms with Crippen LogP contribution in [0.2, 0.25) is 0 Å². The van der Waals surface area contributed by atoms with Crippen molar-refractivity contribution >= 4 is 5.78 Å². The van der Waals surface area contributed by atoms with Gasteiger partial charge in [0.2, 0.25) is 0 Å². The van der Waals surface area contributed by atoms with Gasteiger partial charge < -0.3 is 5.32 Å². The maximum Gasteiger partial charge on any atom is 0.160 e. The Morgan fingerprint density at radius 3 is 1.93 bits per heavy atom. The lowest BCUT2D eigenvalue weighted by Gasteiger charge is -2.25. The molecular formula is C27H33NO. The molecular weight excluding hydrogens is 354 g/mol. The molecule has 3 aromatic carbocycles. The van der Waals surface area contributed by atoms with E-state index in [-0.39, 0.29) is 5.78 Å². The molecule has 0 heterocycles. The quantitative estimate of drug-likeness (QED) is 0.498. The van der Waals surface area contributed by atoms with Crippen molar-refractivity contribution in [1.29, 1.82) is 0 Å². The maximum absolute atomic E-state index is 11.8. The zero-order chi connectivity index (χ0) is 21.1. The van der Waals surface area contributed by atoms with E-state index in [0.29, 0.717) is 12.0 Å². The molecule has 29 heavy (non-hydrogen) atoms. The van der Waals surface area contributed by atoms with Gasteiger partial charge in [-0.15, -0.1) is 0 Å². The SMILES string of the molecule is CCc1ccccc1.CN[C@H](Cc1ccccc1C(C)=O)[C@H](C)c1ccccc1. The minimum atomic E-state index is 0.132. The van der Waals surface area contributed by atoms with E-state index in [1.807, 2.05) is 37.4 Å². The highest BCUT2D eigenvalue weighted by Crippen LogP contribution is 2.23. The Bertz CT molecular complexity index is 858. The van der Waals surface area contributed by atoms with Crippen LogP contribution in [0.15, 0.2) is 84.9 Å². The van der Waals surface area contributed by atoms with Gasteiger partial charge in [-0.3, -0.25) is 4.79 Å². The summed E-state index contributed by atoms with van der Waals surface area (Å²) in [6.45, 7) is 6.02. The summed E-state index contributed by atoms with van der Waals surface area (Å²) in [6.07, 6.45) is 1.99. The Balaban J connectivity index is 0.000000313. The second-order valence-electron chi connectivity index (χ2n) is 7.35.